The van der Waals surface area contributed by atoms with Gasteiger partial charge in [0.1, 0.15) is 0 Å². The molecule has 0 atom stereocenters. The lowest BCUT2D eigenvalue weighted by molar-refractivity contribution is 0.280. The molecule has 108 valence electrons. The summed E-state index contributed by atoms with van der Waals surface area (Å²) in [5, 5.41) is -0.835. The minimum Gasteiger partial charge on any atom is -0.330 e. The first-order chi connectivity index (χ1) is 8.22. The lowest BCUT2D eigenvalue weighted by Crippen LogP contribution is -2.35. The summed E-state index contributed by atoms with van der Waals surface area (Å²) >= 11 is 0. The van der Waals surface area contributed by atoms with E-state index in [1.807, 2.05) is 0 Å². The van der Waals surface area contributed by atoms with Gasteiger partial charge in [-0.1, -0.05) is 0 Å². The van der Waals surface area contributed by atoms with Crippen LogP contribution in [0.3, 0.4) is 0 Å². The highest BCUT2D eigenvalue weighted by Gasteiger charge is 2.23. The monoisotopic (exact) mass is 298 g/mol. The number of nitrogens with two attached hydrogens (primary N) is 1. The molecule has 1 rings (SSSR count). The molecule has 0 unspecified atom stereocenters. The molecule has 8 heteroatoms. The maximum atomic E-state index is 11.5. The molecule has 0 aromatic carbocycles. The molecule has 3 N–H and O–H groups in total. The van der Waals surface area contributed by atoms with Crippen LogP contribution in [0, 0.1) is 11.8 Å². The fraction of sp³-hybridized carbons (Fsp3) is 1.00. The van der Waals surface area contributed by atoms with E-state index < -0.39 is 24.9 Å². The third kappa shape index (κ3) is 6.12. The van der Waals surface area contributed by atoms with Crippen LogP contribution in [0.1, 0.15) is 25.7 Å². The van der Waals surface area contributed by atoms with E-state index in [4.69, 9.17) is 5.73 Å². The van der Waals surface area contributed by atoms with E-state index in [1.165, 1.54) is 0 Å². The Kier molecular flexibility index (Phi) is 5.57. The second-order valence-corrected chi connectivity index (χ2v) is 9.44. The third-order valence-electron chi connectivity index (χ3n) is 3.26. The fourth-order valence-electron chi connectivity index (χ4n) is 2.24. The van der Waals surface area contributed by atoms with Crippen molar-refractivity contribution in [2.75, 3.05) is 24.4 Å². The second-order valence-electron chi connectivity index (χ2n) is 5.13. The molecule has 1 aliphatic rings. The Bertz CT molecular complexity index is 450. The van der Waals surface area contributed by atoms with Crippen molar-refractivity contribution in [1.29, 1.82) is 0 Å². The molecular formula is C10H22N2O4S2. The molecule has 6 nitrogen and oxygen atoms in total. The molecule has 0 radical (unpaired) electrons. The van der Waals surface area contributed by atoms with Gasteiger partial charge in [0.05, 0.1) is 0 Å². The van der Waals surface area contributed by atoms with Gasteiger partial charge in [-0.2, -0.15) is 0 Å². The van der Waals surface area contributed by atoms with Crippen molar-refractivity contribution in [1.82, 2.24) is 4.72 Å². The molecule has 0 heterocycles. The summed E-state index contributed by atoms with van der Waals surface area (Å²) in [6.45, 7) is 1.02. The smallest absolute Gasteiger partial charge is 0.226 e. The van der Waals surface area contributed by atoms with Gasteiger partial charge in [0.15, 0.2) is 14.9 Å². The molecule has 0 amide bonds. The molecule has 0 saturated heterocycles. The van der Waals surface area contributed by atoms with E-state index in [0.29, 0.717) is 24.9 Å². The van der Waals surface area contributed by atoms with E-state index in [2.05, 4.69) is 4.72 Å². The topological polar surface area (TPSA) is 106 Å². The highest BCUT2D eigenvalue weighted by atomic mass is 32.3. The Hall–Kier alpha value is -0.180. The largest absolute Gasteiger partial charge is 0.330 e. The van der Waals surface area contributed by atoms with Gasteiger partial charge in [-0.3, -0.25) is 0 Å². The van der Waals surface area contributed by atoms with Crippen LogP contribution in [0.4, 0.5) is 0 Å². The summed E-state index contributed by atoms with van der Waals surface area (Å²) in [7, 11) is -7.23. The van der Waals surface area contributed by atoms with Crippen LogP contribution in [-0.4, -0.2) is 41.3 Å². The van der Waals surface area contributed by atoms with Crippen molar-refractivity contribution in [3.63, 3.8) is 0 Å². The molecule has 0 spiro atoms. The zero-order valence-electron chi connectivity index (χ0n) is 10.6. The summed E-state index contributed by atoms with van der Waals surface area (Å²) in [5.74, 6) is 0.844. The zero-order valence-corrected chi connectivity index (χ0v) is 12.3. The Morgan fingerprint density at radius 1 is 1.06 bits per heavy atom. The second kappa shape index (κ2) is 6.31. The highest BCUT2D eigenvalue weighted by molar-refractivity contribution is 8.06. The van der Waals surface area contributed by atoms with Crippen molar-refractivity contribution in [2.24, 2.45) is 17.6 Å². The van der Waals surface area contributed by atoms with Crippen LogP contribution >= 0.6 is 0 Å². The lowest BCUT2D eigenvalue weighted by atomic mass is 9.82. The van der Waals surface area contributed by atoms with Gasteiger partial charge in [0.25, 0.3) is 0 Å². The number of hydrogen-bond donors (Lipinski definition) is 2. The Balaban J connectivity index is 2.38. The third-order valence-corrected chi connectivity index (χ3v) is 6.82. The molecule has 1 fully saturated rings. The molecule has 18 heavy (non-hydrogen) atoms. The van der Waals surface area contributed by atoms with Gasteiger partial charge >= 0.3 is 0 Å². The molecule has 0 bridgehead atoms. The maximum Gasteiger partial charge on any atom is 0.226 e. The average molecular weight is 298 g/mol. The van der Waals surface area contributed by atoms with E-state index in [0.717, 1.165) is 31.9 Å². The van der Waals surface area contributed by atoms with Crippen molar-refractivity contribution in [3.8, 4) is 0 Å². The van der Waals surface area contributed by atoms with Crippen LogP contribution in [0.2, 0.25) is 0 Å². The molecule has 1 saturated carbocycles. The summed E-state index contributed by atoms with van der Waals surface area (Å²) < 4.78 is 47.3. The van der Waals surface area contributed by atoms with Gasteiger partial charge in [0, 0.05) is 12.8 Å². The molecule has 0 aromatic heterocycles. The average Bonchev–Trinajstić information content (AvgIpc) is 2.24. The number of nitrogens with one attached hydrogen (secondary N) is 1. The van der Waals surface area contributed by atoms with E-state index in [9.17, 15) is 16.8 Å². The van der Waals surface area contributed by atoms with Gasteiger partial charge in [0.2, 0.25) is 10.0 Å². The first kappa shape index (κ1) is 15.9. The lowest BCUT2D eigenvalue weighted by Gasteiger charge is -2.27. The summed E-state index contributed by atoms with van der Waals surface area (Å²) in [4.78, 5) is 0. The van der Waals surface area contributed by atoms with Crippen molar-refractivity contribution in [3.05, 3.63) is 0 Å². The minimum atomic E-state index is -3.72. The number of sulfone groups is 1. The van der Waals surface area contributed by atoms with Crippen LogP contribution in [0.25, 0.3) is 0 Å². The molecular weight excluding hydrogens is 276 g/mol. The van der Waals surface area contributed by atoms with Crippen LogP contribution < -0.4 is 10.5 Å². The van der Waals surface area contributed by atoms with Crippen molar-refractivity contribution in [2.45, 2.75) is 25.7 Å². The minimum absolute atomic E-state index is 0.294. The number of hydrogen-bond acceptors (Lipinski definition) is 5. The molecule has 0 aromatic rings. The quantitative estimate of drug-likeness (QED) is 0.698. The standard InChI is InChI=1S/C10H22N2O4S2/c1-17(13,14)8-18(15,16)12-7-10-4-2-9(6-11)3-5-10/h9-10,12H,2-8,11H2,1H3. The van der Waals surface area contributed by atoms with Crippen LogP contribution in [0.15, 0.2) is 0 Å². The predicted molar refractivity (Wildman–Crippen MR) is 71.1 cm³/mol. The highest BCUT2D eigenvalue weighted by Crippen LogP contribution is 2.27. The molecule has 0 aliphatic heterocycles. The van der Waals surface area contributed by atoms with E-state index >= 15 is 0 Å². The van der Waals surface area contributed by atoms with Gasteiger partial charge in [-0.15, -0.1) is 0 Å². The predicted octanol–water partition coefficient (Wildman–Crippen LogP) is -0.327. The zero-order chi connectivity index (χ0) is 13.8. The van der Waals surface area contributed by atoms with Crippen molar-refractivity contribution < 1.29 is 16.8 Å². The molecule has 1 aliphatic carbocycles. The number of rotatable bonds is 6. The normalized spacial score (nSPS) is 26.1. The van der Waals surface area contributed by atoms with Crippen molar-refractivity contribution >= 4 is 19.9 Å². The van der Waals surface area contributed by atoms with Crippen LogP contribution in [0.5, 0.6) is 0 Å². The SMILES string of the molecule is CS(=O)(=O)CS(=O)(=O)NCC1CCC(CN)CC1. The number of sulfonamides is 1. The summed E-state index contributed by atoms with van der Waals surface area (Å²) in [5.41, 5.74) is 5.58. The Morgan fingerprint density at radius 3 is 2.00 bits per heavy atom. The first-order valence-corrected chi connectivity index (χ1v) is 9.78. The van der Waals surface area contributed by atoms with E-state index in [1.54, 1.807) is 0 Å². The fourth-order valence-corrected chi connectivity index (χ4v) is 5.32. The summed E-state index contributed by atoms with van der Waals surface area (Å²) in [6, 6.07) is 0. The van der Waals surface area contributed by atoms with Crippen LogP contribution in [-0.2, 0) is 19.9 Å². The van der Waals surface area contributed by atoms with Gasteiger partial charge in [-0.25, -0.2) is 21.6 Å². The first-order valence-electron chi connectivity index (χ1n) is 6.07. The Labute approximate surface area is 109 Å². The van der Waals surface area contributed by atoms with Gasteiger partial charge < -0.3 is 5.73 Å². The van der Waals surface area contributed by atoms with Gasteiger partial charge in [-0.05, 0) is 44.1 Å². The van der Waals surface area contributed by atoms with E-state index in [-0.39, 0.29) is 0 Å². The Morgan fingerprint density at radius 2 is 1.56 bits per heavy atom. The summed E-state index contributed by atoms with van der Waals surface area (Å²) in [6.07, 6.45) is 4.86. The maximum absolute atomic E-state index is 11.5.